The molecule has 9 heavy (non-hydrogen) atoms. The van der Waals surface area contributed by atoms with E-state index in [0.717, 1.165) is 6.42 Å². The van der Waals surface area contributed by atoms with Crippen LogP contribution in [-0.2, 0) is 0 Å². The first-order chi connectivity index (χ1) is 4.34. The lowest BCUT2D eigenvalue weighted by molar-refractivity contribution is 0.313. The molecule has 1 saturated carbocycles. The van der Waals surface area contributed by atoms with E-state index in [1.807, 2.05) is 0 Å². The summed E-state index contributed by atoms with van der Waals surface area (Å²) < 4.78 is 0. The lowest BCUT2D eigenvalue weighted by Crippen LogP contribution is -2.14. The van der Waals surface area contributed by atoms with Crippen LogP contribution in [0.15, 0.2) is 0 Å². The summed E-state index contributed by atoms with van der Waals surface area (Å²) in [5.41, 5.74) is 0. The molecule has 0 heterocycles. The summed E-state index contributed by atoms with van der Waals surface area (Å²) in [5, 5.41) is 8.61. The minimum Gasteiger partial charge on any atom is -0.198 e. The molecule has 1 aliphatic carbocycles. The second-order valence-electron chi connectivity index (χ2n) is 3.00. The van der Waals surface area contributed by atoms with Crippen LogP contribution in [0.5, 0.6) is 0 Å². The van der Waals surface area contributed by atoms with Crippen LogP contribution in [0.3, 0.4) is 0 Å². The molecule has 0 aliphatic heterocycles. The van der Waals surface area contributed by atoms with Gasteiger partial charge >= 0.3 is 0 Å². The quantitative estimate of drug-likeness (QED) is 0.485. The topological polar surface area (TPSA) is 23.8 Å². The molecule has 0 spiro atoms. The molecule has 0 N–H and O–H groups in total. The minimum absolute atomic E-state index is 0.360. The number of nitriles is 1. The van der Waals surface area contributed by atoms with Gasteiger partial charge in [0.15, 0.2) is 0 Å². The van der Waals surface area contributed by atoms with E-state index >= 15 is 0 Å². The van der Waals surface area contributed by atoms with E-state index in [2.05, 4.69) is 13.0 Å². The minimum atomic E-state index is 0.360. The highest BCUT2D eigenvalue weighted by Gasteiger charge is 2.19. The third kappa shape index (κ3) is 1.45. The first-order valence-electron chi connectivity index (χ1n) is 3.74. The molecule has 0 bridgehead atoms. The molecular formula is C8H13N. The Morgan fingerprint density at radius 2 is 2.00 bits per heavy atom. The first kappa shape index (κ1) is 6.61. The van der Waals surface area contributed by atoms with E-state index in [1.54, 1.807) is 0 Å². The van der Waals surface area contributed by atoms with Crippen LogP contribution >= 0.6 is 0 Å². The highest BCUT2D eigenvalue weighted by atomic mass is 14.3. The van der Waals surface area contributed by atoms with Crippen molar-refractivity contribution in [3.8, 4) is 6.07 Å². The Balaban J connectivity index is 2.41. The van der Waals surface area contributed by atoms with Crippen LogP contribution < -0.4 is 0 Å². The van der Waals surface area contributed by atoms with Crippen molar-refractivity contribution in [1.29, 1.82) is 5.26 Å². The Hall–Kier alpha value is -0.510. The summed E-state index contributed by atoms with van der Waals surface area (Å²) in [6.45, 7) is 2.19. The molecule has 50 valence electrons. The van der Waals surface area contributed by atoms with Crippen molar-refractivity contribution in [3.05, 3.63) is 0 Å². The summed E-state index contributed by atoms with van der Waals surface area (Å²) in [7, 11) is 0. The molecule has 1 heteroatoms. The van der Waals surface area contributed by atoms with Gasteiger partial charge in [-0.3, -0.25) is 0 Å². The van der Waals surface area contributed by atoms with Gasteiger partial charge in [-0.05, 0) is 18.8 Å². The zero-order chi connectivity index (χ0) is 6.69. The Bertz CT molecular complexity index is 123. The van der Waals surface area contributed by atoms with Crippen LogP contribution in [-0.4, -0.2) is 0 Å². The maximum absolute atomic E-state index is 8.61. The SMILES string of the molecule is C[C@@H]1CCCC[C@@H]1C#N. The number of hydrogen-bond donors (Lipinski definition) is 0. The Kier molecular flexibility index (Phi) is 2.10. The first-order valence-corrected chi connectivity index (χ1v) is 3.74. The van der Waals surface area contributed by atoms with Crippen LogP contribution in [0.4, 0.5) is 0 Å². The molecule has 0 aromatic carbocycles. The van der Waals surface area contributed by atoms with Gasteiger partial charge in [-0.2, -0.15) is 5.26 Å². The summed E-state index contributed by atoms with van der Waals surface area (Å²) in [5.74, 6) is 1.02. The molecule has 0 unspecified atom stereocenters. The molecule has 0 amide bonds. The average molecular weight is 123 g/mol. The van der Waals surface area contributed by atoms with E-state index in [4.69, 9.17) is 5.26 Å². The van der Waals surface area contributed by atoms with Gasteiger partial charge in [-0.1, -0.05) is 19.8 Å². The van der Waals surface area contributed by atoms with Crippen LogP contribution in [0.1, 0.15) is 32.6 Å². The summed E-state index contributed by atoms with van der Waals surface area (Å²) in [6.07, 6.45) is 5.00. The third-order valence-electron chi connectivity index (χ3n) is 2.28. The number of hydrogen-bond acceptors (Lipinski definition) is 1. The van der Waals surface area contributed by atoms with Gasteiger partial charge in [-0.25, -0.2) is 0 Å². The van der Waals surface area contributed by atoms with E-state index in [1.165, 1.54) is 19.3 Å². The predicted octanol–water partition coefficient (Wildman–Crippen LogP) is 2.34. The van der Waals surface area contributed by atoms with Gasteiger partial charge in [0.25, 0.3) is 0 Å². The van der Waals surface area contributed by atoms with Crippen molar-refractivity contribution in [1.82, 2.24) is 0 Å². The molecule has 1 rings (SSSR count). The largest absolute Gasteiger partial charge is 0.198 e. The highest BCUT2D eigenvalue weighted by molar-refractivity contribution is 4.88. The van der Waals surface area contributed by atoms with Gasteiger partial charge in [0.05, 0.1) is 6.07 Å². The molecule has 1 nitrogen and oxygen atoms in total. The normalized spacial score (nSPS) is 35.6. The maximum Gasteiger partial charge on any atom is 0.0658 e. The van der Waals surface area contributed by atoms with E-state index in [0.29, 0.717) is 11.8 Å². The summed E-state index contributed by atoms with van der Waals surface area (Å²) in [6, 6.07) is 2.35. The molecule has 0 aromatic heterocycles. The summed E-state index contributed by atoms with van der Waals surface area (Å²) in [4.78, 5) is 0. The van der Waals surface area contributed by atoms with Gasteiger partial charge in [0, 0.05) is 5.92 Å². The average Bonchev–Trinajstić information content (AvgIpc) is 1.89. The molecule has 0 saturated heterocycles. The molecular weight excluding hydrogens is 110 g/mol. The fourth-order valence-corrected chi connectivity index (χ4v) is 1.51. The van der Waals surface area contributed by atoms with Gasteiger partial charge in [-0.15, -0.1) is 0 Å². The van der Waals surface area contributed by atoms with Gasteiger partial charge in [0.1, 0.15) is 0 Å². The smallest absolute Gasteiger partial charge is 0.0658 e. The van der Waals surface area contributed by atoms with Gasteiger partial charge < -0.3 is 0 Å². The lowest BCUT2D eigenvalue weighted by atomic mass is 9.81. The van der Waals surface area contributed by atoms with Crippen LogP contribution in [0.2, 0.25) is 0 Å². The maximum atomic E-state index is 8.61. The molecule has 0 radical (unpaired) electrons. The van der Waals surface area contributed by atoms with Crippen molar-refractivity contribution < 1.29 is 0 Å². The Morgan fingerprint density at radius 3 is 2.44 bits per heavy atom. The van der Waals surface area contributed by atoms with Crippen molar-refractivity contribution in [2.75, 3.05) is 0 Å². The van der Waals surface area contributed by atoms with Crippen LogP contribution in [0.25, 0.3) is 0 Å². The highest BCUT2D eigenvalue weighted by Crippen LogP contribution is 2.28. The summed E-state index contributed by atoms with van der Waals surface area (Å²) >= 11 is 0. The predicted molar refractivity (Wildman–Crippen MR) is 36.7 cm³/mol. The van der Waals surface area contributed by atoms with Crippen LogP contribution in [0, 0.1) is 23.2 Å². The number of rotatable bonds is 0. The Labute approximate surface area is 56.7 Å². The van der Waals surface area contributed by atoms with Gasteiger partial charge in [0.2, 0.25) is 0 Å². The van der Waals surface area contributed by atoms with Crippen molar-refractivity contribution in [3.63, 3.8) is 0 Å². The van der Waals surface area contributed by atoms with Crippen molar-refractivity contribution >= 4 is 0 Å². The van der Waals surface area contributed by atoms with Crippen molar-refractivity contribution in [2.24, 2.45) is 11.8 Å². The molecule has 0 aromatic rings. The zero-order valence-corrected chi connectivity index (χ0v) is 5.93. The zero-order valence-electron chi connectivity index (χ0n) is 5.93. The standard InChI is InChI=1S/C8H13N/c1-7-4-2-3-5-8(7)6-9/h7-8H,2-5H2,1H3/t7-,8-/m1/s1. The lowest BCUT2D eigenvalue weighted by Gasteiger charge is -2.22. The molecule has 1 fully saturated rings. The fraction of sp³-hybridized carbons (Fsp3) is 0.875. The van der Waals surface area contributed by atoms with E-state index in [9.17, 15) is 0 Å². The second-order valence-corrected chi connectivity index (χ2v) is 3.00. The number of nitrogens with zero attached hydrogens (tertiary/aromatic N) is 1. The molecule has 1 aliphatic rings. The second kappa shape index (κ2) is 2.87. The van der Waals surface area contributed by atoms with Crippen molar-refractivity contribution in [2.45, 2.75) is 32.6 Å². The van der Waals surface area contributed by atoms with E-state index < -0.39 is 0 Å². The monoisotopic (exact) mass is 123 g/mol. The molecule has 2 atom stereocenters. The fourth-order valence-electron chi connectivity index (χ4n) is 1.51. The van der Waals surface area contributed by atoms with E-state index in [-0.39, 0.29) is 0 Å². The Morgan fingerprint density at radius 1 is 1.33 bits per heavy atom. The third-order valence-corrected chi connectivity index (χ3v) is 2.28.